The summed E-state index contributed by atoms with van der Waals surface area (Å²) in [6, 6.07) is 20.1. The molecular formula is C18H16O2. The van der Waals surface area contributed by atoms with E-state index < -0.39 is 0 Å². The van der Waals surface area contributed by atoms with E-state index in [2.05, 4.69) is 12.1 Å². The number of benzene rings is 2. The van der Waals surface area contributed by atoms with Crippen LogP contribution in [0.5, 0.6) is 0 Å². The lowest BCUT2D eigenvalue weighted by Crippen LogP contribution is -2.07. The Kier molecular flexibility index (Phi) is 3.64. The highest BCUT2D eigenvalue weighted by Crippen LogP contribution is 2.27. The molecule has 2 nitrogen and oxygen atoms in total. The SMILES string of the molecule is O=C1OCC(Cc2ccccc2)C1=Cc1ccccc1. The second kappa shape index (κ2) is 5.74. The molecule has 1 atom stereocenters. The van der Waals surface area contributed by atoms with E-state index in [1.807, 2.05) is 54.6 Å². The Morgan fingerprint density at radius 3 is 2.35 bits per heavy atom. The normalized spacial score (nSPS) is 20.1. The Labute approximate surface area is 118 Å². The lowest BCUT2D eigenvalue weighted by atomic mass is 9.93. The van der Waals surface area contributed by atoms with E-state index >= 15 is 0 Å². The van der Waals surface area contributed by atoms with Crippen LogP contribution in [0.15, 0.2) is 66.2 Å². The second-order valence-electron chi connectivity index (χ2n) is 5.00. The van der Waals surface area contributed by atoms with Crippen molar-refractivity contribution in [3.63, 3.8) is 0 Å². The Hall–Kier alpha value is -2.35. The first kappa shape index (κ1) is 12.7. The summed E-state index contributed by atoms with van der Waals surface area (Å²) in [7, 11) is 0. The molecule has 0 bridgehead atoms. The molecule has 1 heterocycles. The maximum atomic E-state index is 11.9. The lowest BCUT2D eigenvalue weighted by Gasteiger charge is -2.08. The minimum atomic E-state index is -0.185. The summed E-state index contributed by atoms with van der Waals surface area (Å²) < 4.78 is 5.22. The van der Waals surface area contributed by atoms with Crippen LogP contribution >= 0.6 is 0 Å². The van der Waals surface area contributed by atoms with Crippen molar-refractivity contribution in [1.29, 1.82) is 0 Å². The molecule has 0 radical (unpaired) electrons. The fourth-order valence-electron chi connectivity index (χ4n) is 2.49. The zero-order valence-corrected chi connectivity index (χ0v) is 11.2. The van der Waals surface area contributed by atoms with Gasteiger partial charge in [0, 0.05) is 11.5 Å². The van der Waals surface area contributed by atoms with Crippen LogP contribution in [0.3, 0.4) is 0 Å². The minimum Gasteiger partial charge on any atom is -0.462 e. The van der Waals surface area contributed by atoms with Gasteiger partial charge in [-0.15, -0.1) is 0 Å². The molecule has 0 N–H and O–H groups in total. The predicted molar refractivity (Wildman–Crippen MR) is 79.0 cm³/mol. The van der Waals surface area contributed by atoms with Crippen molar-refractivity contribution >= 4 is 12.0 Å². The van der Waals surface area contributed by atoms with Gasteiger partial charge in [0.2, 0.25) is 0 Å². The number of rotatable bonds is 3. The number of ether oxygens (including phenoxy) is 1. The monoisotopic (exact) mass is 264 g/mol. The van der Waals surface area contributed by atoms with Crippen molar-refractivity contribution in [3.8, 4) is 0 Å². The van der Waals surface area contributed by atoms with Gasteiger partial charge < -0.3 is 4.74 Å². The maximum absolute atomic E-state index is 11.9. The van der Waals surface area contributed by atoms with Gasteiger partial charge in [-0.1, -0.05) is 60.7 Å². The van der Waals surface area contributed by atoms with E-state index in [9.17, 15) is 4.79 Å². The number of esters is 1. The van der Waals surface area contributed by atoms with Crippen LogP contribution in [0.4, 0.5) is 0 Å². The molecule has 0 amide bonds. The van der Waals surface area contributed by atoms with Crippen LogP contribution in [-0.4, -0.2) is 12.6 Å². The molecular weight excluding hydrogens is 248 g/mol. The highest BCUT2D eigenvalue weighted by Gasteiger charge is 2.30. The van der Waals surface area contributed by atoms with Gasteiger partial charge in [-0.25, -0.2) is 4.79 Å². The molecule has 1 aliphatic rings. The molecule has 0 saturated carbocycles. The number of carbonyl (C=O) groups excluding carboxylic acids is 1. The summed E-state index contributed by atoms with van der Waals surface area (Å²) in [6.07, 6.45) is 2.79. The second-order valence-corrected chi connectivity index (χ2v) is 5.00. The smallest absolute Gasteiger partial charge is 0.334 e. The summed E-state index contributed by atoms with van der Waals surface area (Å²) in [5.74, 6) is -0.0418. The third kappa shape index (κ3) is 2.80. The van der Waals surface area contributed by atoms with Gasteiger partial charge >= 0.3 is 5.97 Å². The van der Waals surface area contributed by atoms with Crippen LogP contribution in [-0.2, 0) is 16.0 Å². The summed E-state index contributed by atoms with van der Waals surface area (Å²) in [6.45, 7) is 0.479. The minimum absolute atomic E-state index is 0.144. The number of hydrogen-bond donors (Lipinski definition) is 0. The summed E-state index contributed by atoms with van der Waals surface area (Å²) in [5, 5.41) is 0. The molecule has 20 heavy (non-hydrogen) atoms. The quantitative estimate of drug-likeness (QED) is 0.626. The van der Waals surface area contributed by atoms with Crippen LogP contribution < -0.4 is 0 Å². The van der Waals surface area contributed by atoms with Crippen molar-refractivity contribution in [1.82, 2.24) is 0 Å². The van der Waals surface area contributed by atoms with Crippen LogP contribution in [0.25, 0.3) is 6.08 Å². The molecule has 100 valence electrons. The number of cyclic esters (lactones) is 1. The molecule has 0 aromatic heterocycles. The van der Waals surface area contributed by atoms with Crippen molar-refractivity contribution < 1.29 is 9.53 Å². The van der Waals surface area contributed by atoms with E-state index in [1.54, 1.807) is 0 Å². The molecule has 1 unspecified atom stereocenters. The van der Waals surface area contributed by atoms with Crippen LogP contribution in [0.1, 0.15) is 11.1 Å². The van der Waals surface area contributed by atoms with Gasteiger partial charge in [-0.2, -0.15) is 0 Å². The summed E-state index contributed by atoms with van der Waals surface area (Å²) in [4.78, 5) is 11.9. The van der Waals surface area contributed by atoms with Gasteiger partial charge in [0.25, 0.3) is 0 Å². The van der Waals surface area contributed by atoms with Gasteiger partial charge in [0.05, 0.1) is 6.61 Å². The van der Waals surface area contributed by atoms with Gasteiger partial charge in [-0.05, 0) is 23.6 Å². The fraction of sp³-hybridized carbons (Fsp3) is 0.167. The largest absolute Gasteiger partial charge is 0.462 e. The molecule has 1 aliphatic heterocycles. The first-order chi connectivity index (χ1) is 9.83. The number of carbonyl (C=O) groups is 1. The first-order valence-corrected chi connectivity index (χ1v) is 6.80. The van der Waals surface area contributed by atoms with E-state index in [0.29, 0.717) is 6.61 Å². The van der Waals surface area contributed by atoms with Crippen molar-refractivity contribution in [2.75, 3.05) is 6.61 Å². The predicted octanol–water partition coefficient (Wildman–Crippen LogP) is 3.49. The van der Waals surface area contributed by atoms with Crippen LogP contribution in [0.2, 0.25) is 0 Å². The van der Waals surface area contributed by atoms with Gasteiger partial charge in [-0.3, -0.25) is 0 Å². The summed E-state index contributed by atoms with van der Waals surface area (Å²) >= 11 is 0. The molecule has 2 aromatic rings. The average Bonchev–Trinajstić information content (AvgIpc) is 2.83. The molecule has 1 fully saturated rings. The molecule has 3 rings (SSSR count). The molecule has 2 heteroatoms. The zero-order valence-electron chi connectivity index (χ0n) is 11.2. The lowest BCUT2D eigenvalue weighted by molar-refractivity contribution is -0.135. The Morgan fingerprint density at radius 2 is 1.65 bits per heavy atom. The van der Waals surface area contributed by atoms with Crippen LogP contribution in [0, 0.1) is 5.92 Å². The summed E-state index contributed by atoms with van der Waals surface area (Å²) in [5.41, 5.74) is 3.05. The topological polar surface area (TPSA) is 26.3 Å². The first-order valence-electron chi connectivity index (χ1n) is 6.80. The Bertz CT molecular complexity index is 614. The highest BCUT2D eigenvalue weighted by molar-refractivity contribution is 5.96. The van der Waals surface area contributed by atoms with E-state index in [4.69, 9.17) is 4.74 Å². The zero-order chi connectivity index (χ0) is 13.8. The standard InChI is InChI=1S/C18H16O2/c19-18-17(12-15-9-5-2-6-10-15)16(13-20-18)11-14-7-3-1-4-8-14/h1-10,12,16H,11,13H2. The maximum Gasteiger partial charge on any atom is 0.334 e. The van der Waals surface area contributed by atoms with Crippen molar-refractivity contribution in [3.05, 3.63) is 77.4 Å². The third-order valence-electron chi connectivity index (χ3n) is 3.54. The van der Waals surface area contributed by atoms with E-state index in [1.165, 1.54) is 5.56 Å². The molecule has 0 spiro atoms. The molecule has 1 saturated heterocycles. The van der Waals surface area contributed by atoms with Gasteiger partial charge in [0.1, 0.15) is 0 Å². The third-order valence-corrected chi connectivity index (χ3v) is 3.54. The average molecular weight is 264 g/mol. The molecule has 2 aromatic carbocycles. The van der Waals surface area contributed by atoms with E-state index in [0.717, 1.165) is 17.6 Å². The fourth-order valence-corrected chi connectivity index (χ4v) is 2.49. The highest BCUT2D eigenvalue weighted by atomic mass is 16.5. The van der Waals surface area contributed by atoms with Crippen molar-refractivity contribution in [2.24, 2.45) is 5.92 Å². The van der Waals surface area contributed by atoms with E-state index in [-0.39, 0.29) is 11.9 Å². The molecule has 0 aliphatic carbocycles. The van der Waals surface area contributed by atoms with Gasteiger partial charge in [0.15, 0.2) is 0 Å². The Morgan fingerprint density at radius 1 is 1.00 bits per heavy atom. The Balaban J connectivity index is 1.84. The number of hydrogen-bond acceptors (Lipinski definition) is 2. The van der Waals surface area contributed by atoms with Crippen molar-refractivity contribution in [2.45, 2.75) is 6.42 Å².